The molecule has 4 nitrogen and oxygen atoms in total. The molecule has 1 aromatic heterocycles. The van der Waals surface area contributed by atoms with Gasteiger partial charge in [0, 0.05) is 13.2 Å². The predicted molar refractivity (Wildman–Crippen MR) is 68.0 cm³/mol. The van der Waals surface area contributed by atoms with E-state index in [4.69, 9.17) is 10.00 Å². The van der Waals surface area contributed by atoms with Crippen molar-refractivity contribution in [2.75, 3.05) is 6.61 Å². The van der Waals surface area contributed by atoms with E-state index in [9.17, 15) is 0 Å². The molecule has 92 valence electrons. The zero-order valence-electron chi connectivity index (χ0n) is 10.4. The molecule has 1 aliphatic rings. The van der Waals surface area contributed by atoms with Crippen LogP contribution < -0.4 is 0 Å². The minimum atomic E-state index is 0.114. The number of aromatic nitrogens is 2. The van der Waals surface area contributed by atoms with Crippen LogP contribution in [0.2, 0.25) is 0 Å². The average molecular weight is 241 g/mol. The number of aryl methyl sites for hydroxylation is 1. The molecule has 1 unspecified atom stereocenters. The van der Waals surface area contributed by atoms with Crippen molar-refractivity contribution >= 4 is 11.0 Å². The Bertz CT molecular complexity index is 618. The van der Waals surface area contributed by atoms with Crippen LogP contribution in [0, 0.1) is 11.3 Å². The first kappa shape index (κ1) is 11.2. The fraction of sp³-hybridized carbons (Fsp3) is 0.429. The number of nitriles is 1. The molecule has 3 rings (SSSR count). The predicted octanol–water partition coefficient (Wildman–Crippen LogP) is 2.78. The van der Waals surface area contributed by atoms with Gasteiger partial charge in [0.1, 0.15) is 11.9 Å². The third-order valence-electron chi connectivity index (χ3n) is 3.44. The quantitative estimate of drug-likeness (QED) is 0.812. The fourth-order valence-electron chi connectivity index (χ4n) is 2.58. The summed E-state index contributed by atoms with van der Waals surface area (Å²) in [5.74, 6) is 1.00. The number of ether oxygens (including phenoxy) is 1. The first-order valence-electron chi connectivity index (χ1n) is 6.35. The molecule has 1 saturated heterocycles. The number of fused-ring (bicyclic) bond motifs is 1. The standard InChI is InChI=1S/C14H15N3O/c1-2-17-12-6-5-10(9-15)8-11(12)16-14(17)13-4-3-7-18-13/h5-6,8,13H,2-4,7H2,1H3. The summed E-state index contributed by atoms with van der Waals surface area (Å²) in [6, 6.07) is 7.82. The number of rotatable bonds is 2. The number of nitrogens with zero attached hydrogens (tertiary/aromatic N) is 3. The SMILES string of the molecule is CCn1c(C2CCCO2)nc2cc(C#N)ccc21. The van der Waals surface area contributed by atoms with Crippen LogP contribution in [0.5, 0.6) is 0 Å². The van der Waals surface area contributed by atoms with Gasteiger partial charge in [-0.15, -0.1) is 0 Å². The van der Waals surface area contributed by atoms with Gasteiger partial charge in [0.05, 0.1) is 22.7 Å². The molecule has 0 aliphatic carbocycles. The second kappa shape index (κ2) is 4.43. The van der Waals surface area contributed by atoms with E-state index in [2.05, 4.69) is 22.5 Å². The van der Waals surface area contributed by atoms with Gasteiger partial charge in [-0.3, -0.25) is 0 Å². The molecule has 0 spiro atoms. The van der Waals surface area contributed by atoms with Gasteiger partial charge < -0.3 is 9.30 Å². The van der Waals surface area contributed by atoms with Crippen molar-refractivity contribution in [1.82, 2.24) is 9.55 Å². The van der Waals surface area contributed by atoms with Crippen LogP contribution in [0.15, 0.2) is 18.2 Å². The molecule has 0 amide bonds. The highest BCUT2D eigenvalue weighted by Gasteiger charge is 2.23. The highest BCUT2D eigenvalue weighted by atomic mass is 16.5. The minimum Gasteiger partial charge on any atom is -0.370 e. The Labute approximate surface area is 106 Å². The number of benzene rings is 1. The smallest absolute Gasteiger partial charge is 0.139 e. The lowest BCUT2D eigenvalue weighted by Crippen LogP contribution is -2.07. The largest absolute Gasteiger partial charge is 0.370 e. The highest BCUT2D eigenvalue weighted by molar-refractivity contribution is 5.77. The van der Waals surface area contributed by atoms with Gasteiger partial charge in [0.2, 0.25) is 0 Å². The van der Waals surface area contributed by atoms with Crippen LogP contribution >= 0.6 is 0 Å². The number of imidazole rings is 1. The van der Waals surface area contributed by atoms with Crippen LogP contribution in [0.25, 0.3) is 11.0 Å². The summed E-state index contributed by atoms with van der Waals surface area (Å²) in [4.78, 5) is 4.66. The Balaban J connectivity index is 2.16. The summed E-state index contributed by atoms with van der Waals surface area (Å²) >= 11 is 0. The maximum atomic E-state index is 8.93. The lowest BCUT2D eigenvalue weighted by Gasteiger charge is -2.11. The molecule has 4 heteroatoms. The van der Waals surface area contributed by atoms with E-state index >= 15 is 0 Å². The molecule has 1 aliphatic heterocycles. The van der Waals surface area contributed by atoms with Crippen molar-refractivity contribution in [1.29, 1.82) is 5.26 Å². The van der Waals surface area contributed by atoms with Crippen LogP contribution in [0.1, 0.15) is 37.3 Å². The molecule has 0 radical (unpaired) electrons. The van der Waals surface area contributed by atoms with Gasteiger partial charge in [-0.2, -0.15) is 5.26 Å². The van der Waals surface area contributed by atoms with E-state index in [-0.39, 0.29) is 6.10 Å². The average Bonchev–Trinajstić information content (AvgIpc) is 3.04. The topological polar surface area (TPSA) is 50.8 Å². The van der Waals surface area contributed by atoms with Gasteiger partial charge in [0.15, 0.2) is 0 Å². The fourth-order valence-corrected chi connectivity index (χ4v) is 2.58. The maximum Gasteiger partial charge on any atom is 0.139 e. The van der Waals surface area contributed by atoms with E-state index < -0.39 is 0 Å². The first-order chi connectivity index (χ1) is 8.83. The maximum absolute atomic E-state index is 8.93. The number of hydrogen-bond donors (Lipinski definition) is 0. The van der Waals surface area contributed by atoms with E-state index in [0.29, 0.717) is 5.56 Å². The van der Waals surface area contributed by atoms with E-state index in [1.807, 2.05) is 18.2 Å². The summed E-state index contributed by atoms with van der Waals surface area (Å²) in [6.07, 6.45) is 2.25. The Morgan fingerprint density at radius 2 is 2.44 bits per heavy atom. The van der Waals surface area contributed by atoms with Crippen molar-refractivity contribution in [2.24, 2.45) is 0 Å². The molecule has 18 heavy (non-hydrogen) atoms. The molecule has 0 bridgehead atoms. The van der Waals surface area contributed by atoms with Crippen LogP contribution in [-0.2, 0) is 11.3 Å². The zero-order valence-corrected chi connectivity index (χ0v) is 10.4. The van der Waals surface area contributed by atoms with Crippen molar-refractivity contribution in [3.05, 3.63) is 29.6 Å². The van der Waals surface area contributed by atoms with Gasteiger partial charge in [0.25, 0.3) is 0 Å². The van der Waals surface area contributed by atoms with E-state index in [0.717, 1.165) is 42.9 Å². The second-order valence-electron chi connectivity index (χ2n) is 4.53. The Morgan fingerprint density at radius 3 is 3.11 bits per heavy atom. The Morgan fingerprint density at radius 1 is 1.56 bits per heavy atom. The van der Waals surface area contributed by atoms with Gasteiger partial charge in [-0.05, 0) is 38.0 Å². The summed E-state index contributed by atoms with van der Waals surface area (Å²) in [6.45, 7) is 3.80. The molecule has 1 fully saturated rings. The summed E-state index contributed by atoms with van der Waals surface area (Å²) < 4.78 is 7.91. The lowest BCUT2D eigenvalue weighted by molar-refractivity contribution is 0.102. The molecule has 2 aromatic rings. The van der Waals surface area contributed by atoms with Crippen molar-refractivity contribution in [2.45, 2.75) is 32.4 Å². The van der Waals surface area contributed by atoms with Crippen LogP contribution in [0.4, 0.5) is 0 Å². The summed E-state index contributed by atoms with van der Waals surface area (Å²) in [5, 5.41) is 8.93. The van der Waals surface area contributed by atoms with Crippen molar-refractivity contribution in [3.63, 3.8) is 0 Å². The van der Waals surface area contributed by atoms with Crippen LogP contribution in [-0.4, -0.2) is 16.2 Å². The molecule has 0 saturated carbocycles. The second-order valence-corrected chi connectivity index (χ2v) is 4.53. The molecule has 0 N–H and O–H groups in total. The van der Waals surface area contributed by atoms with E-state index in [1.165, 1.54) is 0 Å². The van der Waals surface area contributed by atoms with Crippen molar-refractivity contribution in [3.8, 4) is 6.07 Å². The molecule has 1 atom stereocenters. The minimum absolute atomic E-state index is 0.114. The van der Waals surface area contributed by atoms with Gasteiger partial charge >= 0.3 is 0 Å². The highest BCUT2D eigenvalue weighted by Crippen LogP contribution is 2.30. The van der Waals surface area contributed by atoms with Gasteiger partial charge in [-0.1, -0.05) is 0 Å². The number of hydrogen-bond acceptors (Lipinski definition) is 3. The Hall–Kier alpha value is -1.86. The van der Waals surface area contributed by atoms with Crippen LogP contribution in [0.3, 0.4) is 0 Å². The molecular formula is C14H15N3O. The Kier molecular flexibility index (Phi) is 2.77. The third-order valence-corrected chi connectivity index (χ3v) is 3.44. The summed E-state index contributed by atoms with van der Waals surface area (Å²) in [7, 11) is 0. The van der Waals surface area contributed by atoms with Gasteiger partial charge in [-0.25, -0.2) is 4.98 Å². The third kappa shape index (κ3) is 1.68. The first-order valence-corrected chi connectivity index (χ1v) is 6.35. The lowest BCUT2D eigenvalue weighted by atomic mass is 10.2. The molecule has 2 heterocycles. The molecular weight excluding hydrogens is 226 g/mol. The monoisotopic (exact) mass is 241 g/mol. The van der Waals surface area contributed by atoms with E-state index in [1.54, 1.807) is 0 Å². The zero-order chi connectivity index (χ0) is 12.5. The van der Waals surface area contributed by atoms with Crippen molar-refractivity contribution < 1.29 is 4.74 Å². The summed E-state index contributed by atoms with van der Waals surface area (Å²) in [5.41, 5.74) is 2.63. The molecule has 1 aromatic carbocycles. The normalized spacial score (nSPS) is 19.2.